The highest BCUT2D eigenvalue weighted by molar-refractivity contribution is 6.31. The van der Waals surface area contributed by atoms with Gasteiger partial charge in [-0.25, -0.2) is 0 Å². The number of hydrogen-bond donors (Lipinski definition) is 2. The Balaban J connectivity index is 1.94. The number of hydrogen-bond acceptors (Lipinski definition) is 4. The van der Waals surface area contributed by atoms with Crippen LogP contribution in [0, 0.1) is 10.1 Å². The van der Waals surface area contributed by atoms with Crippen molar-refractivity contribution >= 4 is 17.3 Å². The van der Waals surface area contributed by atoms with E-state index >= 15 is 0 Å². The van der Waals surface area contributed by atoms with Crippen molar-refractivity contribution in [3.63, 3.8) is 0 Å². The number of non-ortho nitro benzene ring substituents is 1. The average molecular weight is 257 g/mol. The predicted molar refractivity (Wildman–Crippen MR) is 64.0 cm³/mol. The van der Waals surface area contributed by atoms with Crippen LogP contribution in [0.25, 0.3) is 0 Å². The molecule has 0 radical (unpaired) electrons. The molecule has 0 spiro atoms. The van der Waals surface area contributed by atoms with Crippen molar-refractivity contribution in [3.05, 3.63) is 38.9 Å². The van der Waals surface area contributed by atoms with Crippen LogP contribution in [0.2, 0.25) is 5.02 Å². The number of halogens is 1. The van der Waals surface area contributed by atoms with Gasteiger partial charge in [0, 0.05) is 24.7 Å². The first-order valence-corrected chi connectivity index (χ1v) is 5.78. The van der Waals surface area contributed by atoms with E-state index in [9.17, 15) is 10.1 Å². The normalized spacial score (nSPS) is 23.2. The van der Waals surface area contributed by atoms with Crippen LogP contribution in [0.1, 0.15) is 18.4 Å². The molecule has 1 aromatic carbocycles. The van der Waals surface area contributed by atoms with Gasteiger partial charge in [-0.05, 0) is 24.5 Å². The van der Waals surface area contributed by atoms with Crippen molar-refractivity contribution in [3.8, 4) is 0 Å². The van der Waals surface area contributed by atoms with Crippen molar-refractivity contribution in [1.29, 1.82) is 0 Å². The van der Waals surface area contributed by atoms with E-state index < -0.39 is 4.92 Å². The molecular formula is C11H13ClN2O3. The van der Waals surface area contributed by atoms with Crippen molar-refractivity contribution < 1.29 is 10.0 Å². The molecule has 0 atom stereocenters. The lowest BCUT2D eigenvalue weighted by Gasteiger charge is -2.32. The summed E-state index contributed by atoms with van der Waals surface area (Å²) in [5.41, 5.74) is 0.830. The third kappa shape index (κ3) is 2.94. The molecule has 0 aromatic heterocycles. The molecule has 0 bridgehead atoms. The molecular weight excluding hydrogens is 244 g/mol. The average Bonchev–Trinajstić information content (AvgIpc) is 2.24. The molecule has 1 fully saturated rings. The van der Waals surface area contributed by atoms with Gasteiger partial charge in [0.25, 0.3) is 5.69 Å². The first-order valence-electron chi connectivity index (χ1n) is 5.40. The van der Waals surface area contributed by atoms with Crippen LogP contribution in [0.4, 0.5) is 5.69 Å². The van der Waals surface area contributed by atoms with E-state index in [-0.39, 0.29) is 11.8 Å². The van der Waals surface area contributed by atoms with Gasteiger partial charge < -0.3 is 10.4 Å². The molecule has 1 aromatic rings. The van der Waals surface area contributed by atoms with Crippen molar-refractivity contribution in [1.82, 2.24) is 5.32 Å². The molecule has 1 aliphatic carbocycles. The lowest BCUT2D eigenvalue weighted by atomic mass is 9.89. The minimum Gasteiger partial charge on any atom is -0.393 e. The SMILES string of the molecule is O=[N+]([O-])c1ccc(CNC2CC(O)C2)c(Cl)c1. The van der Waals surface area contributed by atoms with Crippen molar-refractivity contribution in [2.24, 2.45) is 0 Å². The summed E-state index contributed by atoms with van der Waals surface area (Å²) in [5, 5.41) is 23.3. The number of nitrogens with one attached hydrogen (secondary N) is 1. The van der Waals surface area contributed by atoms with Crippen LogP contribution in [-0.4, -0.2) is 22.2 Å². The molecule has 2 rings (SSSR count). The Morgan fingerprint density at radius 1 is 1.53 bits per heavy atom. The number of rotatable bonds is 4. The zero-order valence-corrected chi connectivity index (χ0v) is 9.85. The van der Waals surface area contributed by atoms with Crippen LogP contribution in [-0.2, 0) is 6.54 Å². The molecule has 1 saturated carbocycles. The summed E-state index contributed by atoms with van der Waals surface area (Å²) in [4.78, 5) is 10.1. The van der Waals surface area contributed by atoms with Gasteiger partial charge in [-0.2, -0.15) is 0 Å². The molecule has 0 saturated heterocycles. The highest BCUT2D eigenvalue weighted by Crippen LogP contribution is 2.24. The summed E-state index contributed by atoms with van der Waals surface area (Å²) in [5.74, 6) is 0. The van der Waals surface area contributed by atoms with Gasteiger partial charge in [-0.1, -0.05) is 11.6 Å². The topological polar surface area (TPSA) is 75.4 Å². The van der Waals surface area contributed by atoms with Gasteiger partial charge >= 0.3 is 0 Å². The van der Waals surface area contributed by atoms with E-state index in [4.69, 9.17) is 16.7 Å². The number of nitrogens with zero attached hydrogens (tertiary/aromatic N) is 1. The van der Waals surface area contributed by atoms with Crippen molar-refractivity contribution in [2.75, 3.05) is 0 Å². The second kappa shape index (κ2) is 5.00. The fourth-order valence-corrected chi connectivity index (χ4v) is 2.04. The van der Waals surface area contributed by atoms with Crippen LogP contribution in [0.5, 0.6) is 0 Å². The second-order valence-electron chi connectivity index (χ2n) is 4.24. The number of nitro benzene ring substituents is 1. The third-order valence-electron chi connectivity index (χ3n) is 2.94. The largest absolute Gasteiger partial charge is 0.393 e. The zero-order chi connectivity index (χ0) is 12.4. The molecule has 5 nitrogen and oxygen atoms in total. The van der Waals surface area contributed by atoms with Crippen LogP contribution in [0.15, 0.2) is 18.2 Å². The van der Waals surface area contributed by atoms with Crippen LogP contribution >= 0.6 is 11.6 Å². The maximum absolute atomic E-state index is 10.5. The fourth-order valence-electron chi connectivity index (χ4n) is 1.80. The lowest BCUT2D eigenvalue weighted by Crippen LogP contribution is -2.43. The summed E-state index contributed by atoms with van der Waals surface area (Å²) in [6.07, 6.45) is 1.31. The molecule has 92 valence electrons. The molecule has 0 unspecified atom stereocenters. The molecule has 6 heteroatoms. The first kappa shape index (κ1) is 12.3. The Bertz CT molecular complexity index is 433. The van der Waals surface area contributed by atoms with Gasteiger partial charge in [0.05, 0.1) is 16.0 Å². The Labute approximate surface area is 104 Å². The lowest BCUT2D eigenvalue weighted by molar-refractivity contribution is -0.384. The number of nitro groups is 1. The van der Waals surface area contributed by atoms with Gasteiger partial charge in [0.2, 0.25) is 0 Å². The fraction of sp³-hybridized carbons (Fsp3) is 0.455. The van der Waals surface area contributed by atoms with Gasteiger partial charge in [0.15, 0.2) is 0 Å². The first-order chi connectivity index (χ1) is 8.06. The maximum atomic E-state index is 10.5. The molecule has 0 aliphatic heterocycles. The van der Waals surface area contributed by atoms with Crippen molar-refractivity contribution in [2.45, 2.75) is 31.5 Å². The van der Waals surface area contributed by atoms with Crippen LogP contribution < -0.4 is 5.32 Å². The van der Waals surface area contributed by atoms with E-state index in [1.807, 2.05) is 0 Å². The minimum atomic E-state index is -0.467. The number of aliphatic hydroxyl groups excluding tert-OH is 1. The van der Waals surface area contributed by atoms with Gasteiger partial charge in [0.1, 0.15) is 0 Å². The van der Waals surface area contributed by atoms with Crippen LogP contribution in [0.3, 0.4) is 0 Å². The van der Waals surface area contributed by atoms with E-state index in [0.29, 0.717) is 17.6 Å². The summed E-state index contributed by atoms with van der Waals surface area (Å²) >= 11 is 5.95. The summed E-state index contributed by atoms with van der Waals surface area (Å²) in [6.45, 7) is 0.564. The minimum absolute atomic E-state index is 0.00202. The summed E-state index contributed by atoms with van der Waals surface area (Å²) in [6, 6.07) is 4.77. The van der Waals surface area contributed by atoms with E-state index in [2.05, 4.69) is 5.32 Å². The Kier molecular flexibility index (Phi) is 3.61. The number of benzene rings is 1. The van der Waals surface area contributed by atoms with E-state index in [1.165, 1.54) is 12.1 Å². The molecule has 17 heavy (non-hydrogen) atoms. The van der Waals surface area contributed by atoms with Gasteiger partial charge in [-0.15, -0.1) is 0 Å². The zero-order valence-electron chi connectivity index (χ0n) is 9.10. The monoisotopic (exact) mass is 256 g/mol. The molecule has 0 amide bonds. The Morgan fingerprint density at radius 2 is 2.24 bits per heavy atom. The predicted octanol–water partition coefficient (Wildman–Crippen LogP) is 1.86. The smallest absolute Gasteiger partial charge is 0.270 e. The second-order valence-corrected chi connectivity index (χ2v) is 4.64. The van der Waals surface area contributed by atoms with E-state index in [0.717, 1.165) is 18.4 Å². The Morgan fingerprint density at radius 3 is 2.76 bits per heavy atom. The summed E-state index contributed by atoms with van der Waals surface area (Å²) in [7, 11) is 0. The van der Waals surface area contributed by atoms with E-state index in [1.54, 1.807) is 6.07 Å². The standard InChI is InChI=1S/C11H13ClN2O3/c12-11-5-9(14(16)17)2-1-7(11)6-13-8-3-10(15)4-8/h1-2,5,8,10,13,15H,3-4,6H2. The molecule has 1 aliphatic rings. The summed E-state index contributed by atoms with van der Waals surface area (Å²) < 4.78 is 0. The third-order valence-corrected chi connectivity index (χ3v) is 3.29. The quantitative estimate of drug-likeness (QED) is 0.637. The maximum Gasteiger partial charge on any atom is 0.270 e. The Hall–Kier alpha value is -1.17. The molecule has 2 N–H and O–H groups in total. The molecule has 0 heterocycles. The highest BCUT2D eigenvalue weighted by Gasteiger charge is 2.26. The van der Waals surface area contributed by atoms with Gasteiger partial charge in [-0.3, -0.25) is 10.1 Å². The number of aliphatic hydroxyl groups is 1. The highest BCUT2D eigenvalue weighted by atomic mass is 35.5.